The van der Waals surface area contributed by atoms with Gasteiger partial charge in [0.05, 0.1) is 38.6 Å². The second kappa shape index (κ2) is 62.8. The summed E-state index contributed by atoms with van der Waals surface area (Å²) in [6.45, 7) is 1.87. The molecule has 1 amide bonds. The topological polar surface area (TPSA) is 307 Å². The fourth-order valence-corrected chi connectivity index (χ4v) is 14.9. The molecule has 17 unspecified atom stereocenters. The maximum atomic E-state index is 13.5. The Morgan fingerprint density at radius 2 is 0.570 bits per heavy atom. The standard InChI is InChI=1S/C81H157NO18/c1-3-5-7-9-11-13-15-17-19-21-23-24-25-26-27-28-29-30-31-32-33-34-35-36-37-38-39-41-43-45-47-49-51-53-55-57-59-69(87)82-64(65(86)58-56-54-52-50-48-46-44-42-40-22-20-18-16-14-12-10-8-6-4-2)63-95-79-75(93)72(90)77(67(61-84)97-79)100-81-76(94)73(91)78(68(62-85)98-81)99-80-74(92)71(89)70(88)66(60-83)96-80/h64-68,70-81,83-86,88-94H,3-63H2,1-2H3,(H,82,87). The van der Waals surface area contributed by atoms with Crippen molar-refractivity contribution in [2.75, 3.05) is 26.4 Å². The number of rotatable bonds is 69. The van der Waals surface area contributed by atoms with E-state index in [4.69, 9.17) is 28.4 Å². The SMILES string of the molecule is CCCCCCCCCCCCCCCCCCCCCCCCCCCCCCCCCCCCCCC(=O)NC(COC1OC(CO)C(OC2OC(CO)C(OC3OC(CO)C(O)C(O)C3O)C(O)C2O)C(O)C1O)C(O)CCCCCCCCCCCCCCCCCCCCC. The minimum atomic E-state index is -1.97. The smallest absolute Gasteiger partial charge is 0.220 e. The molecule has 0 saturated carbocycles. The van der Waals surface area contributed by atoms with Gasteiger partial charge in [-0.3, -0.25) is 4.79 Å². The Kier molecular flexibility index (Phi) is 58.4. The van der Waals surface area contributed by atoms with Gasteiger partial charge in [0.1, 0.15) is 73.2 Å². The molecule has 0 aliphatic carbocycles. The van der Waals surface area contributed by atoms with Gasteiger partial charge in [-0.25, -0.2) is 0 Å². The van der Waals surface area contributed by atoms with Gasteiger partial charge in [-0.2, -0.15) is 0 Å². The zero-order valence-corrected chi connectivity index (χ0v) is 63.7. The van der Waals surface area contributed by atoms with Crippen molar-refractivity contribution in [3.63, 3.8) is 0 Å². The lowest BCUT2D eigenvalue weighted by atomic mass is 9.96. The molecule has 0 aromatic rings. The second-order valence-electron chi connectivity index (χ2n) is 30.7. The van der Waals surface area contributed by atoms with Crippen molar-refractivity contribution in [2.24, 2.45) is 0 Å². The first kappa shape index (κ1) is 93.0. The largest absolute Gasteiger partial charge is 0.394 e. The Morgan fingerprint density at radius 3 is 0.870 bits per heavy atom. The highest BCUT2D eigenvalue weighted by Gasteiger charge is 2.54. The Bertz CT molecular complexity index is 1810. The first-order chi connectivity index (χ1) is 48.8. The summed E-state index contributed by atoms with van der Waals surface area (Å²) < 4.78 is 34.5. The molecule has 19 heteroatoms. The predicted octanol–water partition coefficient (Wildman–Crippen LogP) is 14.6. The molecule has 3 aliphatic heterocycles. The summed E-state index contributed by atoms with van der Waals surface area (Å²) in [6.07, 6.45) is 46.5. The van der Waals surface area contributed by atoms with Crippen LogP contribution >= 0.6 is 0 Å². The normalized spacial score (nSPS) is 26.4. The summed E-state index contributed by atoms with van der Waals surface area (Å²) in [7, 11) is 0. The number of hydrogen-bond acceptors (Lipinski definition) is 18. The van der Waals surface area contributed by atoms with E-state index in [1.54, 1.807) is 0 Å². The van der Waals surface area contributed by atoms with Crippen LogP contribution in [0.15, 0.2) is 0 Å². The van der Waals surface area contributed by atoms with Crippen LogP contribution in [0, 0.1) is 0 Å². The van der Waals surface area contributed by atoms with E-state index in [0.717, 1.165) is 44.9 Å². The van der Waals surface area contributed by atoms with Crippen LogP contribution in [0.1, 0.15) is 380 Å². The lowest BCUT2D eigenvalue weighted by Gasteiger charge is -2.48. The summed E-state index contributed by atoms with van der Waals surface area (Å²) in [5.74, 6) is -0.232. The summed E-state index contributed by atoms with van der Waals surface area (Å²) in [5, 5.41) is 121. The molecule has 0 bridgehead atoms. The van der Waals surface area contributed by atoms with Crippen molar-refractivity contribution < 1.29 is 89.4 Å². The number of carbonyl (C=O) groups is 1. The lowest BCUT2D eigenvalue weighted by Crippen LogP contribution is -2.66. The molecule has 3 fully saturated rings. The van der Waals surface area contributed by atoms with Gasteiger partial charge < -0.3 is 89.9 Å². The van der Waals surface area contributed by atoms with Crippen LogP contribution in [0.4, 0.5) is 0 Å². The van der Waals surface area contributed by atoms with Crippen molar-refractivity contribution in [2.45, 2.75) is 484 Å². The van der Waals surface area contributed by atoms with Gasteiger partial charge in [-0.15, -0.1) is 0 Å². The number of unbranched alkanes of at least 4 members (excludes halogenated alkanes) is 53. The van der Waals surface area contributed by atoms with E-state index in [1.165, 1.54) is 302 Å². The number of ether oxygens (including phenoxy) is 6. The quantitative estimate of drug-likeness (QED) is 0.0252. The van der Waals surface area contributed by atoms with Gasteiger partial charge >= 0.3 is 0 Å². The van der Waals surface area contributed by atoms with Crippen LogP contribution in [0.25, 0.3) is 0 Å². The lowest BCUT2D eigenvalue weighted by molar-refractivity contribution is -0.379. The average molecular weight is 1430 g/mol. The molecule has 0 aromatic carbocycles. The highest BCUT2D eigenvalue weighted by Crippen LogP contribution is 2.34. The van der Waals surface area contributed by atoms with E-state index < -0.39 is 124 Å². The van der Waals surface area contributed by atoms with E-state index in [0.29, 0.717) is 12.8 Å². The fraction of sp³-hybridized carbons (Fsp3) is 0.988. The first-order valence-electron chi connectivity index (χ1n) is 42.3. The Balaban J connectivity index is 1.31. The summed E-state index contributed by atoms with van der Waals surface area (Å²) in [5.41, 5.74) is 0. The number of nitrogens with one attached hydrogen (secondary N) is 1. The highest BCUT2D eigenvalue weighted by atomic mass is 16.8. The number of amides is 1. The van der Waals surface area contributed by atoms with Crippen molar-refractivity contribution >= 4 is 5.91 Å². The van der Waals surface area contributed by atoms with Gasteiger partial charge in [-0.1, -0.05) is 361 Å². The predicted molar refractivity (Wildman–Crippen MR) is 397 cm³/mol. The molecule has 3 heterocycles. The molecule has 0 spiro atoms. The molecule has 0 radical (unpaired) electrons. The summed E-state index contributed by atoms with van der Waals surface area (Å²) in [4.78, 5) is 13.5. The van der Waals surface area contributed by atoms with Crippen LogP contribution in [0.5, 0.6) is 0 Å². The van der Waals surface area contributed by atoms with Gasteiger partial charge in [0.25, 0.3) is 0 Å². The number of aliphatic hydroxyl groups is 11. The van der Waals surface area contributed by atoms with Crippen LogP contribution < -0.4 is 5.32 Å². The molecule has 0 aromatic heterocycles. The first-order valence-corrected chi connectivity index (χ1v) is 42.3. The van der Waals surface area contributed by atoms with Crippen LogP contribution in [-0.2, 0) is 33.2 Å². The number of carbonyl (C=O) groups excluding carboxylic acids is 1. The van der Waals surface area contributed by atoms with Gasteiger partial charge in [0.2, 0.25) is 5.91 Å². The molecule has 100 heavy (non-hydrogen) atoms. The third-order valence-electron chi connectivity index (χ3n) is 21.7. The summed E-state index contributed by atoms with van der Waals surface area (Å²) in [6, 6.07) is -0.883. The molecule has 3 saturated heterocycles. The Labute approximate surface area is 608 Å². The third-order valence-corrected chi connectivity index (χ3v) is 21.7. The molecular weight excluding hydrogens is 1270 g/mol. The zero-order chi connectivity index (χ0) is 72.5. The number of aliphatic hydroxyl groups excluding tert-OH is 11. The molecular formula is C81H157NO18. The second-order valence-corrected chi connectivity index (χ2v) is 30.7. The highest BCUT2D eigenvalue weighted by molar-refractivity contribution is 5.76. The van der Waals surface area contributed by atoms with E-state index in [2.05, 4.69) is 19.2 Å². The average Bonchev–Trinajstić information content (AvgIpc) is 0.783. The van der Waals surface area contributed by atoms with E-state index in [9.17, 15) is 61.0 Å². The van der Waals surface area contributed by atoms with Crippen LogP contribution in [0.2, 0.25) is 0 Å². The zero-order valence-electron chi connectivity index (χ0n) is 63.7. The minimum Gasteiger partial charge on any atom is -0.394 e. The fourth-order valence-electron chi connectivity index (χ4n) is 14.9. The maximum absolute atomic E-state index is 13.5. The number of hydrogen-bond donors (Lipinski definition) is 12. The third kappa shape index (κ3) is 42.4. The monoisotopic (exact) mass is 1430 g/mol. The molecule has 19 nitrogen and oxygen atoms in total. The summed E-state index contributed by atoms with van der Waals surface area (Å²) >= 11 is 0. The van der Waals surface area contributed by atoms with Crippen LogP contribution in [-0.4, -0.2) is 193 Å². The van der Waals surface area contributed by atoms with Crippen LogP contribution in [0.3, 0.4) is 0 Å². The van der Waals surface area contributed by atoms with Crippen molar-refractivity contribution in [1.29, 1.82) is 0 Å². The van der Waals surface area contributed by atoms with Gasteiger partial charge in [0, 0.05) is 6.42 Å². The Hall–Kier alpha value is -1.21. The molecule has 3 aliphatic rings. The maximum Gasteiger partial charge on any atom is 0.220 e. The van der Waals surface area contributed by atoms with E-state index in [-0.39, 0.29) is 18.9 Å². The van der Waals surface area contributed by atoms with Crippen molar-refractivity contribution in [1.82, 2.24) is 5.32 Å². The minimum absolute atomic E-state index is 0.232. The van der Waals surface area contributed by atoms with E-state index >= 15 is 0 Å². The van der Waals surface area contributed by atoms with Gasteiger partial charge in [-0.05, 0) is 12.8 Å². The van der Waals surface area contributed by atoms with E-state index in [1.807, 2.05) is 0 Å². The molecule has 12 N–H and O–H groups in total. The Morgan fingerprint density at radius 1 is 0.320 bits per heavy atom. The molecule has 17 atom stereocenters. The van der Waals surface area contributed by atoms with Gasteiger partial charge in [0.15, 0.2) is 18.9 Å². The molecule has 594 valence electrons. The molecule has 3 rings (SSSR count). The van der Waals surface area contributed by atoms with Crippen molar-refractivity contribution in [3.05, 3.63) is 0 Å². The van der Waals surface area contributed by atoms with Crippen molar-refractivity contribution in [3.8, 4) is 0 Å².